The second kappa shape index (κ2) is 9.51. The van der Waals surface area contributed by atoms with E-state index in [1.54, 1.807) is 57.3 Å². The van der Waals surface area contributed by atoms with Crippen molar-refractivity contribution in [2.24, 2.45) is 0 Å². The first-order chi connectivity index (χ1) is 16.2. The minimum absolute atomic E-state index is 0. The molecule has 0 unspecified atom stereocenters. The summed E-state index contributed by atoms with van der Waals surface area (Å²) in [6, 6.07) is 13.3. The lowest BCUT2D eigenvalue weighted by atomic mass is 10.1. The second-order valence-electron chi connectivity index (χ2n) is 8.08. The standard InChI is InChI=1S/C24H26FN5O3S.3H2/c1-14(2)34(31,32)17-7-5-16(6-8-17)21-13-28-24(26)23(29-21)22-11-20(30-33-22)18-9-4-15(12-27-3)10-19(18)25;;;/h4-11,13-14,27,31-32H,12H2,1-3H3,(H2,26,28);3*1H. The second-order valence-corrected chi connectivity index (χ2v) is 10.7. The van der Waals surface area contributed by atoms with Crippen molar-refractivity contribution in [3.8, 4) is 34.0 Å². The molecule has 2 aromatic heterocycles. The molecule has 4 rings (SSSR count). The lowest BCUT2D eigenvalue weighted by molar-refractivity contribution is 0.433. The van der Waals surface area contributed by atoms with Crippen LogP contribution in [0.25, 0.3) is 34.0 Å². The van der Waals surface area contributed by atoms with Crippen molar-refractivity contribution in [3.05, 3.63) is 66.1 Å². The number of halogens is 1. The van der Waals surface area contributed by atoms with Gasteiger partial charge in [0.15, 0.2) is 17.3 Å². The van der Waals surface area contributed by atoms with Crippen LogP contribution >= 0.6 is 10.6 Å². The van der Waals surface area contributed by atoms with Crippen molar-refractivity contribution in [1.82, 2.24) is 20.4 Å². The molecule has 5 N–H and O–H groups in total. The fourth-order valence-corrected chi connectivity index (χ4v) is 4.49. The Morgan fingerprint density at radius 2 is 1.85 bits per heavy atom. The molecule has 4 aromatic rings. The molecule has 0 radical (unpaired) electrons. The molecule has 0 bridgehead atoms. The maximum Gasteiger partial charge on any atom is 0.189 e. The van der Waals surface area contributed by atoms with E-state index in [2.05, 4.69) is 20.4 Å². The Labute approximate surface area is 202 Å². The number of anilines is 1. The van der Waals surface area contributed by atoms with E-state index in [0.717, 1.165) is 5.56 Å². The number of nitrogens with two attached hydrogens (primary N) is 1. The van der Waals surface area contributed by atoms with Crippen molar-refractivity contribution in [2.75, 3.05) is 12.8 Å². The molecule has 0 spiro atoms. The van der Waals surface area contributed by atoms with E-state index in [1.807, 2.05) is 6.07 Å². The van der Waals surface area contributed by atoms with Gasteiger partial charge in [0.05, 0.1) is 16.8 Å². The van der Waals surface area contributed by atoms with Crippen LogP contribution in [0.1, 0.15) is 23.7 Å². The molecule has 8 nitrogen and oxygen atoms in total. The normalized spacial score (nSPS) is 12.3. The van der Waals surface area contributed by atoms with Gasteiger partial charge in [-0.2, -0.15) is 10.6 Å². The summed E-state index contributed by atoms with van der Waals surface area (Å²) in [5.41, 5.74) is 8.98. The molecule has 0 amide bonds. The van der Waals surface area contributed by atoms with Gasteiger partial charge in [-0.1, -0.05) is 23.4 Å². The highest BCUT2D eigenvalue weighted by atomic mass is 32.3. The number of hydrogen-bond acceptors (Lipinski definition) is 8. The van der Waals surface area contributed by atoms with Crippen LogP contribution < -0.4 is 11.1 Å². The van der Waals surface area contributed by atoms with Crippen molar-refractivity contribution in [2.45, 2.75) is 30.5 Å². The van der Waals surface area contributed by atoms with Gasteiger partial charge in [0.1, 0.15) is 11.5 Å². The molecule has 0 saturated heterocycles. The Hall–Kier alpha value is -3.31. The molecule has 0 aliphatic heterocycles. The highest BCUT2D eigenvalue weighted by Crippen LogP contribution is 2.52. The van der Waals surface area contributed by atoms with Gasteiger partial charge in [-0.05, 0) is 50.7 Å². The van der Waals surface area contributed by atoms with Crippen LogP contribution in [0.4, 0.5) is 10.2 Å². The number of nitrogens with one attached hydrogen (secondary N) is 1. The van der Waals surface area contributed by atoms with Crippen LogP contribution in [-0.2, 0) is 6.54 Å². The Bertz CT molecular complexity index is 1320. The molecule has 184 valence electrons. The van der Waals surface area contributed by atoms with Gasteiger partial charge in [0, 0.05) is 33.3 Å². The number of hydrogen-bond donors (Lipinski definition) is 4. The fourth-order valence-electron chi connectivity index (χ4n) is 3.41. The topological polar surface area (TPSA) is 130 Å². The fraction of sp³-hybridized carbons (Fsp3) is 0.208. The molecule has 0 aliphatic carbocycles. The molecule has 2 heterocycles. The van der Waals surface area contributed by atoms with Crippen LogP contribution in [0, 0.1) is 5.82 Å². The van der Waals surface area contributed by atoms with E-state index < -0.39 is 16.4 Å². The molecule has 2 aromatic carbocycles. The highest BCUT2D eigenvalue weighted by Gasteiger charge is 2.21. The van der Waals surface area contributed by atoms with E-state index in [0.29, 0.717) is 34.0 Å². The lowest BCUT2D eigenvalue weighted by Gasteiger charge is -2.36. The predicted molar refractivity (Wildman–Crippen MR) is 138 cm³/mol. The van der Waals surface area contributed by atoms with E-state index >= 15 is 0 Å². The summed E-state index contributed by atoms with van der Waals surface area (Å²) in [5, 5.41) is 6.67. The smallest absolute Gasteiger partial charge is 0.189 e. The summed E-state index contributed by atoms with van der Waals surface area (Å²) < 4.78 is 40.7. The predicted octanol–water partition coefficient (Wildman–Crippen LogP) is 6.16. The summed E-state index contributed by atoms with van der Waals surface area (Å²) >= 11 is 0. The monoisotopic (exact) mass is 489 g/mol. The zero-order chi connectivity index (χ0) is 24.5. The summed E-state index contributed by atoms with van der Waals surface area (Å²) in [5.74, 6) is -0.0130. The van der Waals surface area contributed by atoms with E-state index in [4.69, 9.17) is 10.3 Å². The van der Waals surface area contributed by atoms with Gasteiger partial charge >= 0.3 is 0 Å². The molecule has 34 heavy (non-hydrogen) atoms. The molecular weight excluding hydrogens is 457 g/mol. The molecule has 0 aliphatic rings. The average molecular weight is 490 g/mol. The quantitative estimate of drug-likeness (QED) is 0.243. The zero-order valence-electron chi connectivity index (χ0n) is 19.0. The van der Waals surface area contributed by atoms with E-state index in [9.17, 15) is 13.5 Å². The SMILES string of the molecule is CNCc1ccc(-c2cc(-c3nc(-c4ccc(S(O)(O)C(C)C)cc4)cnc3N)on2)c(F)c1.[HH].[HH].[HH]. The number of benzene rings is 2. The van der Waals surface area contributed by atoms with Crippen LogP contribution in [0.15, 0.2) is 64.1 Å². The van der Waals surface area contributed by atoms with Crippen LogP contribution in [0.2, 0.25) is 0 Å². The summed E-state index contributed by atoms with van der Waals surface area (Å²) in [6.07, 6.45) is 1.52. The van der Waals surface area contributed by atoms with Crippen LogP contribution in [-0.4, -0.2) is 36.5 Å². The van der Waals surface area contributed by atoms with Gasteiger partial charge in [0.2, 0.25) is 0 Å². The molecule has 10 heteroatoms. The molecule has 0 fully saturated rings. The average Bonchev–Trinajstić information content (AvgIpc) is 3.29. The maximum atomic E-state index is 14.6. The Kier molecular flexibility index (Phi) is 6.67. The number of nitrogens with zero attached hydrogens (tertiary/aromatic N) is 3. The Balaban J connectivity index is 0.00000228. The largest absolute Gasteiger partial charge is 0.382 e. The van der Waals surface area contributed by atoms with Gasteiger partial charge in [-0.3, -0.25) is 9.11 Å². The van der Waals surface area contributed by atoms with Crippen LogP contribution in [0.5, 0.6) is 0 Å². The molecule has 0 saturated carbocycles. The summed E-state index contributed by atoms with van der Waals surface area (Å²) in [4.78, 5) is 9.24. The molecule has 0 atom stereocenters. The lowest BCUT2D eigenvalue weighted by Crippen LogP contribution is -2.10. The summed E-state index contributed by atoms with van der Waals surface area (Å²) in [6.45, 7) is 4.07. The number of nitrogen functional groups attached to an aromatic ring is 1. The zero-order valence-corrected chi connectivity index (χ0v) is 19.8. The number of aromatic nitrogens is 3. The first-order valence-electron chi connectivity index (χ1n) is 10.6. The Morgan fingerprint density at radius 1 is 1.12 bits per heavy atom. The van der Waals surface area contributed by atoms with Crippen molar-refractivity contribution in [1.29, 1.82) is 0 Å². The third kappa shape index (κ3) is 4.66. The third-order valence-corrected chi connectivity index (χ3v) is 7.67. The van der Waals surface area contributed by atoms with Crippen molar-refractivity contribution >= 4 is 16.4 Å². The van der Waals surface area contributed by atoms with Crippen molar-refractivity contribution in [3.63, 3.8) is 0 Å². The van der Waals surface area contributed by atoms with E-state index in [-0.39, 0.29) is 26.8 Å². The molecular formula is C24H32FN5O3S. The van der Waals surface area contributed by atoms with Gasteiger partial charge in [0.25, 0.3) is 0 Å². The van der Waals surface area contributed by atoms with Gasteiger partial charge < -0.3 is 15.6 Å². The summed E-state index contributed by atoms with van der Waals surface area (Å²) in [7, 11) is -1.09. The van der Waals surface area contributed by atoms with Gasteiger partial charge in [-0.25, -0.2) is 14.4 Å². The maximum absolute atomic E-state index is 14.6. The van der Waals surface area contributed by atoms with Gasteiger partial charge in [-0.15, -0.1) is 0 Å². The number of rotatable bonds is 7. The minimum Gasteiger partial charge on any atom is -0.382 e. The first kappa shape index (κ1) is 23.8. The third-order valence-electron chi connectivity index (χ3n) is 5.39. The Morgan fingerprint density at radius 3 is 2.50 bits per heavy atom. The minimum atomic E-state index is -2.88. The highest BCUT2D eigenvalue weighted by molar-refractivity contribution is 8.24. The first-order valence-corrected chi connectivity index (χ1v) is 12.2. The van der Waals surface area contributed by atoms with Crippen LogP contribution in [0.3, 0.4) is 0 Å². The van der Waals surface area contributed by atoms with E-state index in [1.165, 1.54) is 12.3 Å². The van der Waals surface area contributed by atoms with Crippen molar-refractivity contribution < 1.29 is 22.3 Å².